The average Bonchev–Trinajstić information content (AvgIpc) is 3.65. The van der Waals surface area contributed by atoms with Gasteiger partial charge in [0, 0.05) is 38.3 Å². The van der Waals surface area contributed by atoms with Crippen LogP contribution < -0.4 is 5.46 Å². The lowest BCUT2D eigenvalue weighted by Gasteiger charge is -2.32. The van der Waals surface area contributed by atoms with Gasteiger partial charge in [0.05, 0.1) is 30.5 Å². The van der Waals surface area contributed by atoms with Crippen LogP contribution >= 0.6 is 0 Å². The van der Waals surface area contributed by atoms with Gasteiger partial charge in [-0.15, -0.1) is 0 Å². The number of fused-ring (bicyclic) bond motifs is 6. The summed E-state index contributed by atoms with van der Waals surface area (Å²) < 4.78 is 73.8. The minimum absolute atomic E-state index is 0.0350. The third-order valence-electron chi connectivity index (χ3n) is 8.62. The van der Waals surface area contributed by atoms with E-state index in [1.807, 2.05) is 88.4 Å². The topological polar surface area (TPSA) is 36.5 Å². The van der Waals surface area contributed by atoms with Gasteiger partial charge in [0.2, 0.25) is 0 Å². The fraction of sp³-hybridized carbons (Fsp3) is 0.167. The van der Waals surface area contributed by atoms with Crippen molar-refractivity contribution < 1.29 is 22.0 Å². The lowest BCUT2D eigenvalue weighted by atomic mass is 9.76. The Morgan fingerprint density at radius 2 is 1.34 bits per heavy atom. The first-order chi connectivity index (χ1) is 22.3. The van der Waals surface area contributed by atoms with Gasteiger partial charge in [-0.2, -0.15) is 0 Å². The van der Waals surface area contributed by atoms with E-state index >= 15 is 0 Å². The molecule has 0 amide bonds. The Kier molecular flexibility index (Phi) is 3.97. The second-order valence-corrected chi connectivity index (χ2v) is 11.5. The fourth-order valence-electron chi connectivity index (χ4n) is 5.80. The monoisotopic (exact) mass is 541 g/mol. The molecule has 0 aliphatic carbocycles. The molecular formula is C36H30BNO3. The number of para-hydroxylation sites is 4. The molecular weight excluding hydrogens is 505 g/mol. The Balaban J connectivity index is 1.51. The number of rotatable bonds is 3. The molecule has 200 valence electrons. The largest absolute Gasteiger partial charge is 0.496 e. The molecule has 1 aliphatic rings. The predicted octanol–water partition coefficient (Wildman–Crippen LogP) is 8.65. The van der Waals surface area contributed by atoms with Crippen LogP contribution in [0.4, 0.5) is 0 Å². The third-order valence-corrected chi connectivity index (χ3v) is 8.62. The van der Waals surface area contributed by atoms with Crippen LogP contribution in [-0.2, 0) is 9.31 Å². The van der Waals surface area contributed by atoms with Crippen LogP contribution in [-0.4, -0.2) is 22.9 Å². The first-order valence-corrected chi connectivity index (χ1v) is 13.7. The van der Waals surface area contributed by atoms with Gasteiger partial charge in [-0.05, 0) is 57.5 Å². The van der Waals surface area contributed by atoms with Gasteiger partial charge in [-0.1, -0.05) is 84.8 Å². The molecule has 8 rings (SSSR count). The SMILES string of the molecule is [2H]c1cc([2H])c2c(c1[2H])c1c([2H])c([2H])cc([2H])c1n2-c1cc(-c2cccc3c2oc2ccccc23)ccc1B1OC(C)(C)C(C)(C)O1. The zero-order valence-corrected chi connectivity index (χ0v) is 23.2. The Labute approximate surface area is 247 Å². The minimum Gasteiger partial charge on any atom is -0.455 e. The van der Waals surface area contributed by atoms with E-state index in [9.17, 15) is 0 Å². The quantitative estimate of drug-likeness (QED) is 0.210. The van der Waals surface area contributed by atoms with E-state index in [1.165, 1.54) is 12.1 Å². The van der Waals surface area contributed by atoms with Crippen molar-refractivity contribution in [2.24, 2.45) is 0 Å². The highest BCUT2D eigenvalue weighted by Crippen LogP contribution is 2.40. The molecule has 1 saturated heterocycles. The first kappa shape index (κ1) is 18.9. The molecule has 5 aromatic carbocycles. The molecule has 5 heteroatoms. The Hall–Kier alpha value is -4.32. The van der Waals surface area contributed by atoms with Gasteiger partial charge < -0.3 is 18.3 Å². The minimum atomic E-state index is -0.821. The number of aromatic nitrogens is 1. The summed E-state index contributed by atoms with van der Waals surface area (Å²) in [5.41, 5.74) is 3.51. The van der Waals surface area contributed by atoms with Crippen molar-refractivity contribution in [2.45, 2.75) is 38.9 Å². The summed E-state index contributed by atoms with van der Waals surface area (Å²) >= 11 is 0. The van der Waals surface area contributed by atoms with E-state index in [0.717, 1.165) is 27.5 Å². The summed E-state index contributed by atoms with van der Waals surface area (Å²) in [4.78, 5) is 0. The van der Waals surface area contributed by atoms with Crippen LogP contribution in [0.1, 0.15) is 35.9 Å². The molecule has 2 aromatic heterocycles. The zero-order valence-electron chi connectivity index (χ0n) is 29.2. The third kappa shape index (κ3) is 3.56. The molecule has 0 spiro atoms. The van der Waals surface area contributed by atoms with Crippen LogP contribution in [0.3, 0.4) is 0 Å². The molecule has 0 saturated carbocycles. The zero-order chi connectivity index (χ0) is 33.2. The lowest BCUT2D eigenvalue weighted by molar-refractivity contribution is 0.00578. The Morgan fingerprint density at radius 3 is 2.05 bits per heavy atom. The number of nitrogens with zero attached hydrogens (tertiary/aromatic N) is 1. The summed E-state index contributed by atoms with van der Waals surface area (Å²) in [5.74, 6) is 0. The average molecular weight is 541 g/mol. The van der Waals surface area contributed by atoms with Crippen LogP contribution in [0, 0.1) is 0 Å². The smallest absolute Gasteiger partial charge is 0.455 e. The molecule has 0 unspecified atom stereocenters. The van der Waals surface area contributed by atoms with Gasteiger partial charge in [0.25, 0.3) is 0 Å². The van der Waals surface area contributed by atoms with Crippen molar-refractivity contribution in [3.63, 3.8) is 0 Å². The van der Waals surface area contributed by atoms with Crippen LogP contribution in [0.2, 0.25) is 0 Å². The van der Waals surface area contributed by atoms with Crippen molar-refractivity contribution in [1.82, 2.24) is 4.57 Å². The normalized spacial score (nSPS) is 18.5. The highest BCUT2D eigenvalue weighted by atomic mass is 16.7. The molecule has 41 heavy (non-hydrogen) atoms. The van der Waals surface area contributed by atoms with Gasteiger partial charge >= 0.3 is 7.12 Å². The van der Waals surface area contributed by atoms with Crippen LogP contribution in [0.5, 0.6) is 0 Å². The molecule has 1 aliphatic heterocycles. The first-order valence-electron chi connectivity index (χ1n) is 16.7. The van der Waals surface area contributed by atoms with Crippen molar-refractivity contribution in [1.29, 1.82) is 0 Å². The fourth-order valence-corrected chi connectivity index (χ4v) is 5.80. The van der Waals surface area contributed by atoms with Gasteiger partial charge in [-0.25, -0.2) is 0 Å². The highest BCUT2D eigenvalue weighted by molar-refractivity contribution is 6.63. The van der Waals surface area contributed by atoms with E-state index in [4.69, 9.17) is 22.0 Å². The van der Waals surface area contributed by atoms with Crippen molar-refractivity contribution in [3.05, 3.63) is 109 Å². The van der Waals surface area contributed by atoms with Crippen LogP contribution in [0.25, 0.3) is 60.6 Å². The predicted molar refractivity (Wildman–Crippen MR) is 169 cm³/mol. The van der Waals surface area contributed by atoms with Gasteiger partial charge in [0.1, 0.15) is 11.2 Å². The van der Waals surface area contributed by atoms with Crippen molar-refractivity contribution >= 4 is 56.3 Å². The molecule has 4 nitrogen and oxygen atoms in total. The van der Waals surface area contributed by atoms with E-state index in [2.05, 4.69) is 0 Å². The number of hydrogen-bond acceptors (Lipinski definition) is 3. The summed E-state index contributed by atoms with van der Waals surface area (Å²) in [6.45, 7) is 7.88. The second-order valence-electron chi connectivity index (χ2n) is 11.5. The maximum absolute atomic E-state index is 9.04. The summed E-state index contributed by atoms with van der Waals surface area (Å²) in [5, 5.41) is 2.35. The molecule has 0 atom stereocenters. The maximum Gasteiger partial charge on any atom is 0.496 e. The molecule has 0 N–H and O–H groups in total. The molecule has 0 bridgehead atoms. The van der Waals surface area contributed by atoms with Crippen molar-refractivity contribution in [2.75, 3.05) is 0 Å². The van der Waals surface area contributed by atoms with E-state index in [1.54, 1.807) is 4.57 Å². The van der Waals surface area contributed by atoms with Crippen molar-refractivity contribution in [3.8, 4) is 16.8 Å². The van der Waals surface area contributed by atoms with Gasteiger partial charge in [0.15, 0.2) is 0 Å². The van der Waals surface area contributed by atoms with Crippen LogP contribution in [0.15, 0.2) is 113 Å². The summed E-state index contributed by atoms with van der Waals surface area (Å²) in [6.07, 6.45) is 0. The number of furan rings is 1. The standard InChI is InChI=1S/C36H30BNO3/c1-35(2)36(3,4)41-37(40-35)29-21-20-23(24-15-11-16-28-27-14-7-10-19-33(27)39-34(24)28)22-32(29)38-30-17-8-5-12-25(30)26-13-6-9-18-31(26)38/h5-22H,1-4H3/i5D,6D,12D,13D,17D,18D. The maximum atomic E-state index is 9.04. The summed E-state index contributed by atoms with van der Waals surface area (Å²) in [6, 6.07) is 21.6. The molecule has 3 heterocycles. The lowest BCUT2D eigenvalue weighted by Crippen LogP contribution is -2.41. The molecule has 1 fully saturated rings. The highest BCUT2D eigenvalue weighted by Gasteiger charge is 2.52. The van der Waals surface area contributed by atoms with E-state index in [-0.39, 0.29) is 58.1 Å². The van der Waals surface area contributed by atoms with E-state index in [0.29, 0.717) is 16.7 Å². The number of hydrogen-bond donors (Lipinski definition) is 0. The Bertz CT molecular complexity index is 2380. The van der Waals surface area contributed by atoms with E-state index < -0.39 is 18.3 Å². The summed E-state index contributed by atoms with van der Waals surface area (Å²) in [7, 11) is -0.821. The molecule has 0 radical (unpaired) electrons. The second kappa shape index (κ2) is 8.59. The Morgan fingerprint density at radius 1 is 0.683 bits per heavy atom. The number of benzene rings is 5. The molecule has 7 aromatic rings. The van der Waals surface area contributed by atoms with Gasteiger partial charge in [-0.3, -0.25) is 0 Å².